The SMILES string of the molecule is CCOC(=O)C1=C(N)n2c(sc(=Cc3ccc(Cl)cc3)c2=O)=C(C(N)=O)[C@@H]1c1ccc(Cl)cc1. The lowest BCUT2D eigenvalue weighted by atomic mass is 9.83. The Morgan fingerprint density at radius 1 is 1.06 bits per heavy atom. The average Bonchev–Trinajstić information content (AvgIpc) is 3.11. The number of nitrogens with two attached hydrogens (primary N) is 2. The maximum Gasteiger partial charge on any atom is 0.338 e. The molecule has 1 atom stereocenters. The van der Waals surface area contributed by atoms with E-state index in [1.165, 1.54) is 0 Å². The van der Waals surface area contributed by atoms with Crippen LogP contribution in [0.2, 0.25) is 10.0 Å². The highest BCUT2D eigenvalue weighted by Crippen LogP contribution is 2.37. The lowest BCUT2D eigenvalue weighted by molar-refractivity contribution is -0.138. The Morgan fingerprint density at radius 2 is 1.65 bits per heavy atom. The van der Waals surface area contributed by atoms with Gasteiger partial charge in [-0.25, -0.2) is 4.79 Å². The molecular weight excluding hydrogens is 497 g/mol. The van der Waals surface area contributed by atoms with E-state index in [0.717, 1.165) is 21.5 Å². The van der Waals surface area contributed by atoms with Gasteiger partial charge in [-0.3, -0.25) is 14.2 Å². The van der Waals surface area contributed by atoms with Crippen LogP contribution in [0.5, 0.6) is 0 Å². The number of amides is 1. The molecule has 0 bridgehead atoms. The third kappa shape index (κ3) is 4.27. The largest absolute Gasteiger partial charge is 0.463 e. The molecule has 3 aromatic rings. The zero-order chi connectivity index (χ0) is 24.6. The number of carbonyl (C=O) groups excluding carboxylic acids is 2. The summed E-state index contributed by atoms with van der Waals surface area (Å²) in [5.74, 6) is -2.58. The summed E-state index contributed by atoms with van der Waals surface area (Å²) in [6.07, 6.45) is 1.65. The molecule has 174 valence electrons. The van der Waals surface area contributed by atoms with Gasteiger partial charge in [0.25, 0.3) is 5.56 Å². The van der Waals surface area contributed by atoms with Crippen LogP contribution in [0, 0.1) is 0 Å². The average molecular weight is 516 g/mol. The van der Waals surface area contributed by atoms with Crippen LogP contribution in [-0.4, -0.2) is 23.1 Å². The lowest BCUT2D eigenvalue weighted by Gasteiger charge is -2.26. The second-order valence-corrected chi connectivity index (χ2v) is 9.29. The molecule has 1 aliphatic heterocycles. The Morgan fingerprint density at radius 3 is 2.21 bits per heavy atom. The van der Waals surface area contributed by atoms with Crippen molar-refractivity contribution in [2.75, 3.05) is 6.61 Å². The number of hydrogen-bond donors (Lipinski definition) is 2. The Bertz CT molecular complexity index is 1500. The van der Waals surface area contributed by atoms with Crippen molar-refractivity contribution in [3.8, 4) is 0 Å². The number of thiazole rings is 1. The predicted molar refractivity (Wildman–Crippen MR) is 134 cm³/mol. The monoisotopic (exact) mass is 515 g/mol. The first-order valence-electron chi connectivity index (χ1n) is 10.2. The Kier molecular flexibility index (Phi) is 6.65. The van der Waals surface area contributed by atoms with E-state index in [1.54, 1.807) is 61.5 Å². The van der Waals surface area contributed by atoms with E-state index in [-0.39, 0.29) is 28.2 Å². The second kappa shape index (κ2) is 9.50. The van der Waals surface area contributed by atoms with Crippen LogP contribution in [0.4, 0.5) is 0 Å². The van der Waals surface area contributed by atoms with Crippen LogP contribution in [0.1, 0.15) is 24.0 Å². The van der Waals surface area contributed by atoms with Gasteiger partial charge in [0.05, 0.1) is 28.2 Å². The first-order valence-corrected chi connectivity index (χ1v) is 11.8. The molecule has 1 aromatic heterocycles. The zero-order valence-electron chi connectivity index (χ0n) is 17.9. The number of esters is 1. The molecule has 0 aliphatic carbocycles. The third-order valence-electron chi connectivity index (χ3n) is 5.28. The van der Waals surface area contributed by atoms with Crippen molar-refractivity contribution in [2.45, 2.75) is 12.8 Å². The minimum Gasteiger partial charge on any atom is -0.463 e. The maximum atomic E-state index is 13.3. The fourth-order valence-electron chi connectivity index (χ4n) is 3.80. The van der Waals surface area contributed by atoms with Gasteiger partial charge in [-0.2, -0.15) is 0 Å². The molecular formula is C24H19Cl2N3O4S. The van der Waals surface area contributed by atoms with Crippen molar-refractivity contribution in [3.05, 3.63) is 94.8 Å². The summed E-state index contributed by atoms with van der Waals surface area (Å²) in [7, 11) is 0. The van der Waals surface area contributed by atoms with Crippen molar-refractivity contribution < 1.29 is 14.3 Å². The molecule has 7 nitrogen and oxygen atoms in total. The Balaban J connectivity index is 2.08. The highest BCUT2D eigenvalue weighted by Gasteiger charge is 2.38. The van der Waals surface area contributed by atoms with Gasteiger partial charge >= 0.3 is 5.97 Å². The summed E-state index contributed by atoms with van der Waals surface area (Å²) in [4.78, 5) is 39.1. The number of rotatable bonds is 5. The van der Waals surface area contributed by atoms with Gasteiger partial charge in [0.15, 0.2) is 0 Å². The summed E-state index contributed by atoms with van der Waals surface area (Å²) in [6.45, 7) is 1.73. The first-order chi connectivity index (χ1) is 16.2. The number of aromatic nitrogens is 1. The smallest absolute Gasteiger partial charge is 0.338 e. The maximum absolute atomic E-state index is 13.3. The van der Waals surface area contributed by atoms with Crippen LogP contribution in [0.15, 0.2) is 58.9 Å². The second-order valence-electron chi connectivity index (χ2n) is 7.39. The van der Waals surface area contributed by atoms with E-state index in [4.69, 9.17) is 39.4 Å². The number of carbonyl (C=O) groups is 2. The van der Waals surface area contributed by atoms with Gasteiger partial charge in [0, 0.05) is 10.0 Å². The quantitative estimate of drug-likeness (QED) is 0.505. The first kappa shape index (κ1) is 23.8. The molecule has 0 unspecified atom stereocenters. The van der Waals surface area contributed by atoms with Gasteiger partial charge in [-0.05, 0) is 48.4 Å². The predicted octanol–water partition coefficient (Wildman–Crippen LogP) is 2.17. The molecule has 0 spiro atoms. The fraction of sp³-hybridized carbons (Fsp3) is 0.125. The molecule has 1 aliphatic rings. The topological polar surface area (TPSA) is 117 Å². The fourth-order valence-corrected chi connectivity index (χ4v) is 5.23. The molecule has 34 heavy (non-hydrogen) atoms. The molecule has 2 aromatic carbocycles. The molecule has 0 fully saturated rings. The number of halogens is 2. The minimum atomic E-state index is -0.935. The van der Waals surface area contributed by atoms with E-state index >= 15 is 0 Å². The lowest BCUT2D eigenvalue weighted by Crippen LogP contribution is -2.42. The Labute approximate surface area is 208 Å². The van der Waals surface area contributed by atoms with Crippen molar-refractivity contribution in [2.24, 2.45) is 11.5 Å². The van der Waals surface area contributed by atoms with Crippen molar-refractivity contribution in [1.29, 1.82) is 0 Å². The van der Waals surface area contributed by atoms with Crippen LogP contribution in [0.3, 0.4) is 0 Å². The van der Waals surface area contributed by atoms with Crippen LogP contribution < -0.4 is 26.2 Å². The molecule has 1 amide bonds. The normalized spacial score (nSPS) is 15.9. The van der Waals surface area contributed by atoms with Gasteiger partial charge in [0.2, 0.25) is 5.91 Å². The summed E-state index contributed by atoms with van der Waals surface area (Å²) >= 11 is 13.0. The van der Waals surface area contributed by atoms with E-state index in [0.29, 0.717) is 20.1 Å². The van der Waals surface area contributed by atoms with Crippen LogP contribution in [-0.2, 0) is 14.3 Å². The highest BCUT2D eigenvalue weighted by molar-refractivity contribution is 7.07. The van der Waals surface area contributed by atoms with E-state index < -0.39 is 23.4 Å². The van der Waals surface area contributed by atoms with Gasteiger partial charge in [0.1, 0.15) is 10.5 Å². The van der Waals surface area contributed by atoms with Gasteiger partial charge in [-0.1, -0.05) is 47.5 Å². The molecule has 0 saturated heterocycles. The van der Waals surface area contributed by atoms with E-state index in [9.17, 15) is 14.4 Å². The minimum absolute atomic E-state index is 0.0385. The van der Waals surface area contributed by atoms with Crippen molar-refractivity contribution in [3.63, 3.8) is 0 Å². The number of benzene rings is 2. The highest BCUT2D eigenvalue weighted by atomic mass is 35.5. The van der Waals surface area contributed by atoms with E-state index in [1.807, 2.05) is 0 Å². The molecule has 4 N–H and O–H groups in total. The number of nitrogens with zero attached hydrogens (tertiary/aromatic N) is 1. The molecule has 0 radical (unpaired) electrons. The molecule has 10 heteroatoms. The number of ether oxygens (including phenoxy) is 1. The summed E-state index contributed by atoms with van der Waals surface area (Å²) in [5.41, 5.74) is 13.0. The molecule has 2 heterocycles. The number of hydrogen-bond acceptors (Lipinski definition) is 6. The third-order valence-corrected chi connectivity index (χ3v) is 6.89. The standard InChI is InChI=1S/C24H19Cl2N3O4S/c1-2-33-24(32)18-17(13-5-9-15(26)10-6-13)19(21(28)30)23-29(20(18)27)22(31)16(34-23)11-12-3-7-14(25)8-4-12/h3-11,17H,2,27H2,1H3,(H2,28,30)/t17-/m1/s1. The van der Waals surface area contributed by atoms with Crippen LogP contribution >= 0.6 is 34.5 Å². The molecule has 4 rings (SSSR count). The zero-order valence-corrected chi connectivity index (χ0v) is 20.2. The van der Waals surface area contributed by atoms with Crippen molar-refractivity contribution in [1.82, 2.24) is 4.57 Å². The summed E-state index contributed by atoms with van der Waals surface area (Å²) in [5, 5.41) is 1.03. The number of primary amides is 1. The van der Waals surface area contributed by atoms with Crippen molar-refractivity contribution >= 4 is 63.9 Å². The van der Waals surface area contributed by atoms with Gasteiger partial charge in [-0.15, -0.1) is 11.3 Å². The van der Waals surface area contributed by atoms with Crippen LogP contribution in [0.25, 0.3) is 17.5 Å². The molecule has 0 saturated carbocycles. The van der Waals surface area contributed by atoms with Gasteiger partial charge < -0.3 is 16.2 Å². The number of fused-ring (bicyclic) bond motifs is 1. The summed E-state index contributed by atoms with van der Waals surface area (Å²) in [6, 6.07) is 13.5. The Hall–Kier alpha value is -3.33. The van der Waals surface area contributed by atoms with E-state index in [2.05, 4.69) is 0 Å². The summed E-state index contributed by atoms with van der Waals surface area (Å²) < 4.78 is 6.92.